The van der Waals surface area contributed by atoms with E-state index in [2.05, 4.69) is 36.4 Å². The molecule has 2 fully saturated rings. The van der Waals surface area contributed by atoms with Gasteiger partial charge in [0.05, 0.1) is 39.8 Å². The number of anilines is 3. The third kappa shape index (κ3) is 5.33. The summed E-state index contributed by atoms with van der Waals surface area (Å²) in [5.41, 5.74) is 3.88. The van der Waals surface area contributed by atoms with Crippen LogP contribution in [0.15, 0.2) is 40.7 Å². The second-order valence-electron chi connectivity index (χ2n) is 6.92. The third-order valence-corrected chi connectivity index (χ3v) is 4.89. The van der Waals surface area contributed by atoms with Crippen molar-refractivity contribution in [1.29, 1.82) is 0 Å². The maximum atomic E-state index is 5.45. The van der Waals surface area contributed by atoms with Crippen molar-refractivity contribution in [3.05, 3.63) is 35.6 Å². The molecule has 1 aromatic rings. The van der Waals surface area contributed by atoms with Crippen molar-refractivity contribution < 1.29 is 14.2 Å². The van der Waals surface area contributed by atoms with E-state index in [0.29, 0.717) is 44.3 Å². The minimum Gasteiger partial charge on any atom is -0.497 e. The fourth-order valence-corrected chi connectivity index (χ4v) is 3.26. The highest BCUT2D eigenvalue weighted by Gasteiger charge is 2.20. The molecular weight excluding hydrogens is 386 g/mol. The first-order chi connectivity index (χ1) is 14.8. The first kappa shape index (κ1) is 20.3. The predicted octanol–water partition coefficient (Wildman–Crippen LogP) is 1.36. The van der Waals surface area contributed by atoms with Crippen molar-refractivity contribution in [3.63, 3.8) is 0 Å². The molecule has 0 spiro atoms. The smallest absolute Gasteiger partial charge is 0.250 e. The zero-order valence-corrected chi connectivity index (χ0v) is 17.2. The summed E-state index contributed by atoms with van der Waals surface area (Å²) in [6, 6.07) is 0. The Labute approximate surface area is 175 Å². The molecule has 0 unspecified atom stereocenters. The predicted molar refractivity (Wildman–Crippen MR) is 115 cm³/mol. The van der Waals surface area contributed by atoms with Crippen LogP contribution in [-0.4, -0.2) is 80.9 Å². The number of nitrogens with one attached hydrogen (secondary N) is 1. The number of nitrogens with zero attached hydrogens (tertiary/aromatic N) is 6. The minimum absolute atomic E-state index is 0.407. The average Bonchev–Trinajstić information content (AvgIpc) is 3.05. The first-order valence-corrected chi connectivity index (χ1v) is 10.1. The molecule has 3 heterocycles. The summed E-state index contributed by atoms with van der Waals surface area (Å²) < 4.78 is 16.2. The van der Waals surface area contributed by atoms with Gasteiger partial charge in [0.15, 0.2) is 0 Å². The van der Waals surface area contributed by atoms with Crippen LogP contribution in [0.2, 0.25) is 0 Å². The summed E-state index contributed by atoms with van der Waals surface area (Å²) >= 11 is 0. The van der Waals surface area contributed by atoms with E-state index in [-0.39, 0.29) is 0 Å². The Morgan fingerprint density at radius 2 is 1.63 bits per heavy atom. The number of hydrazone groups is 1. The zero-order valence-electron chi connectivity index (χ0n) is 17.2. The normalized spacial score (nSPS) is 20.0. The van der Waals surface area contributed by atoms with Gasteiger partial charge in [-0.15, -0.1) is 0 Å². The lowest BCUT2D eigenvalue weighted by atomic mass is 10.2. The van der Waals surface area contributed by atoms with Crippen molar-refractivity contribution in [1.82, 2.24) is 15.0 Å². The Bertz CT molecular complexity index is 805. The summed E-state index contributed by atoms with van der Waals surface area (Å²) in [6.45, 7) is 5.64. The summed E-state index contributed by atoms with van der Waals surface area (Å²) in [7, 11) is 1.66. The molecule has 0 radical (unpaired) electrons. The number of aromatic nitrogens is 3. The lowest BCUT2D eigenvalue weighted by molar-refractivity contribution is 0.121. The van der Waals surface area contributed by atoms with E-state index in [9.17, 15) is 0 Å². The molecule has 0 atom stereocenters. The third-order valence-electron chi connectivity index (χ3n) is 4.89. The number of rotatable bonds is 6. The second-order valence-corrected chi connectivity index (χ2v) is 6.92. The lowest BCUT2D eigenvalue weighted by Gasteiger charge is -2.30. The van der Waals surface area contributed by atoms with Crippen LogP contribution in [0.1, 0.15) is 6.42 Å². The molecule has 2 saturated heterocycles. The van der Waals surface area contributed by atoms with Gasteiger partial charge in [0, 0.05) is 26.2 Å². The van der Waals surface area contributed by atoms with Crippen LogP contribution in [0.25, 0.3) is 0 Å². The summed E-state index contributed by atoms with van der Waals surface area (Å²) in [5, 5.41) is 4.33. The van der Waals surface area contributed by atoms with Crippen molar-refractivity contribution in [2.24, 2.45) is 5.10 Å². The molecule has 0 aromatic carbocycles. The Hall–Kier alpha value is -2.98. The molecule has 10 nitrogen and oxygen atoms in total. The summed E-state index contributed by atoms with van der Waals surface area (Å²) in [4.78, 5) is 18.1. The van der Waals surface area contributed by atoms with E-state index >= 15 is 0 Å². The maximum Gasteiger partial charge on any atom is 0.250 e. The highest BCUT2D eigenvalue weighted by molar-refractivity contribution is 5.83. The molecular formula is C20H27N7O3. The van der Waals surface area contributed by atoms with Gasteiger partial charge in [-0.3, -0.25) is 0 Å². The molecule has 1 aliphatic carbocycles. The fourth-order valence-electron chi connectivity index (χ4n) is 3.26. The number of ether oxygens (including phenoxy) is 3. The molecule has 160 valence electrons. The monoisotopic (exact) mass is 413 g/mol. The SMILES string of the molecule is COC1=CCC=CC(/C=N/Nc2nc(N3CCOCC3)nc(N3CCOCC3)n2)=C1. The van der Waals surface area contributed by atoms with Gasteiger partial charge in [-0.2, -0.15) is 20.1 Å². The molecule has 2 aliphatic heterocycles. The topological polar surface area (TPSA) is 97.2 Å². The number of hydrogen-bond acceptors (Lipinski definition) is 10. The van der Waals surface area contributed by atoms with Gasteiger partial charge in [0.25, 0.3) is 0 Å². The fraction of sp³-hybridized carbons (Fsp3) is 0.500. The van der Waals surface area contributed by atoms with E-state index in [0.717, 1.165) is 43.9 Å². The van der Waals surface area contributed by atoms with E-state index in [1.54, 1.807) is 13.3 Å². The second kappa shape index (κ2) is 10.2. The Morgan fingerprint density at radius 1 is 1.00 bits per heavy atom. The van der Waals surface area contributed by atoms with Crippen LogP contribution in [0.4, 0.5) is 17.8 Å². The molecule has 0 bridgehead atoms. The zero-order chi connectivity index (χ0) is 20.6. The molecule has 0 amide bonds. The molecule has 0 saturated carbocycles. The highest BCUT2D eigenvalue weighted by atomic mass is 16.5. The van der Waals surface area contributed by atoms with Crippen molar-refractivity contribution >= 4 is 24.1 Å². The highest BCUT2D eigenvalue weighted by Crippen LogP contribution is 2.19. The minimum atomic E-state index is 0.407. The Morgan fingerprint density at radius 3 is 2.23 bits per heavy atom. The van der Waals surface area contributed by atoms with Crippen LogP contribution in [0.5, 0.6) is 0 Å². The average molecular weight is 413 g/mol. The van der Waals surface area contributed by atoms with Crippen LogP contribution >= 0.6 is 0 Å². The molecule has 1 aromatic heterocycles. The van der Waals surface area contributed by atoms with Crippen LogP contribution < -0.4 is 15.2 Å². The van der Waals surface area contributed by atoms with Gasteiger partial charge in [-0.25, -0.2) is 5.43 Å². The van der Waals surface area contributed by atoms with Crippen molar-refractivity contribution in [2.75, 3.05) is 74.9 Å². The van der Waals surface area contributed by atoms with Crippen molar-refractivity contribution in [3.8, 4) is 0 Å². The van der Waals surface area contributed by atoms with Gasteiger partial charge in [-0.1, -0.05) is 12.2 Å². The van der Waals surface area contributed by atoms with Crippen LogP contribution in [-0.2, 0) is 14.2 Å². The number of methoxy groups -OCH3 is 1. The number of hydrogen-bond donors (Lipinski definition) is 1. The van der Waals surface area contributed by atoms with Crippen molar-refractivity contribution in [2.45, 2.75) is 6.42 Å². The molecule has 1 N–H and O–H groups in total. The summed E-state index contributed by atoms with van der Waals surface area (Å²) in [5.74, 6) is 2.48. The van der Waals surface area contributed by atoms with Gasteiger partial charge >= 0.3 is 0 Å². The number of morpholine rings is 2. The molecule has 4 rings (SSSR count). The molecule has 10 heteroatoms. The number of allylic oxidation sites excluding steroid dienone is 5. The molecule has 3 aliphatic rings. The van der Waals surface area contributed by atoms with Gasteiger partial charge in [0.1, 0.15) is 5.76 Å². The standard InChI is InChI=1S/C20H27N7O3/c1-28-17-5-3-2-4-16(14-17)15-21-25-18-22-19(26-6-10-29-11-7-26)24-20(23-18)27-8-12-30-13-9-27/h2,4-5,14-15H,3,6-13H2,1H3,(H,22,23,24,25)/b21-15+. The van der Waals surface area contributed by atoms with E-state index in [1.165, 1.54) is 0 Å². The van der Waals surface area contributed by atoms with E-state index in [1.807, 2.05) is 18.2 Å². The van der Waals surface area contributed by atoms with E-state index < -0.39 is 0 Å². The van der Waals surface area contributed by atoms with Gasteiger partial charge < -0.3 is 24.0 Å². The van der Waals surface area contributed by atoms with Gasteiger partial charge in [-0.05, 0) is 24.1 Å². The Balaban J connectivity index is 1.53. The van der Waals surface area contributed by atoms with E-state index in [4.69, 9.17) is 19.2 Å². The van der Waals surface area contributed by atoms with Gasteiger partial charge in [0.2, 0.25) is 17.8 Å². The molecule has 30 heavy (non-hydrogen) atoms. The largest absolute Gasteiger partial charge is 0.497 e. The lowest BCUT2D eigenvalue weighted by Crippen LogP contribution is -2.40. The van der Waals surface area contributed by atoms with Crippen LogP contribution in [0.3, 0.4) is 0 Å². The Kier molecular flexibility index (Phi) is 6.88. The van der Waals surface area contributed by atoms with Crippen LogP contribution in [0, 0.1) is 0 Å². The maximum absolute atomic E-state index is 5.45. The summed E-state index contributed by atoms with van der Waals surface area (Å²) in [6.07, 6.45) is 10.5. The quantitative estimate of drug-likeness (QED) is 0.547. The first-order valence-electron chi connectivity index (χ1n) is 10.1.